The van der Waals surface area contributed by atoms with Crippen molar-refractivity contribution < 1.29 is 18.0 Å². The zero-order valence-electron chi connectivity index (χ0n) is 9.87. The highest BCUT2D eigenvalue weighted by Gasteiger charge is 2.17. The number of Topliss-reactive ketones (excluding diaryl/α,β-unsaturated/α-hetero) is 1. The van der Waals surface area contributed by atoms with Crippen LogP contribution in [0.25, 0.3) is 0 Å². The van der Waals surface area contributed by atoms with E-state index in [1.807, 2.05) is 0 Å². The van der Waals surface area contributed by atoms with Crippen LogP contribution in [0.3, 0.4) is 0 Å². The van der Waals surface area contributed by atoms with Crippen molar-refractivity contribution in [1.29, 1.82) is 0 Å². The number of benzene rings is 1. The Hall–Kier alpha value is -1.97. The first-order valence-corrected chi connectivity index (χ1v) is 5.60. The lowest BCUT2D eigenvalue weighted by Crippen LogP contribution is -2.06. The molecule has 0 N–H and O–H groups in total. The van der Waals surface area contributed by atoms with Gasteiger partial charge >= 0.3 is 0 Å². The van der Waals surface area contributed by atoms with Gasteiger partial charge in [0.05, 0.1) is 11.8 Å². The highest BCUT2D eigenvalue weighted by Crippen LogP contribution is 2.18. The Labute approximate surface area is 103 Å². The molecule has 0 bridgehead atoms. The van der Waals surface area contributed by atoms with Gasteiger partial charge in [0.2, 0.25) is 0 Å². The fourth-order valence-corrected chi connectivity index (χ4v) is 1.69. The van der Waals surface area contributed by atoms with Crippen molar-refractivity contribution in [3.8, 4) is 0 Å². The Balaban J connectivity index is 2.12. The molecule has 2 nitrogen and oxygen atoms in total. The van der Waals surface area contributed by atoms with E-state index in [1.165, 1.54) is 25.3 Å². The Kier molecular flexibility index (Phi) is 3.55. The normalized spacial score (nSPS) is 10.6. The molecule has 1 aromatic heterocycles. The Bertz CT molecular complexity index is 559. The van der Waals surface area contributed by atoms with E-state index in [-0.39, 0.29) is 17.5 Å². The quantitative estimate of drug-likeness (QED) is 0.775. The monoisotopic (exact) mass is 250 g/mol. The maximum Gasteiger partial charge on any atom is 0.169 e. The smallest absolute Gasteiger partial charge is 0.169 e. The summed E-state index contributed by atoms with van der Waals surface area (Å²) < 4.78 is 32.0. The predicted molar refractivity (Wildman–Crippen MR) is 62.5 cm³/mol. The molecule has 0 radical (unpaired) electrons. The third-order valence-corrected chi connectivity index (χ3v) is 2.75. The summed E-state index contributed by atoms with van der Waals surface area (Å²) in [5, 5.41) is 0. The molecule has 0 unspecified atom stereocenters. The lowest BCUT2D eigenvalue weighted by Gasteiger charge is -2.04. The van der Waals surface area contributed by atoms with Gasteiger partial charge in [-0.2, -0.15) is 0 Å². The van der Waals surface area contributed by atoms with Crippen molar-refractivity contribution in [2.45, 2.75) is 19.8 Å². The summed E-state index contributed by atoms with van der Waals surface area (Å²) in [6.07, 6.45) is 1.97. The third-order valence-electron chi connectivity index (χ3n) is 2.75. The summed E-state index contributed by atoms with van der Waals surface area (Å²) >= 11 is 0. The van der Waals surface area contributed by atoms with E-state index < -0.39 is 17.4 Å². The molecule has 0 fully saturated rings. The lowest BCUT2D eigenvalue weighted by atomic mass is 10.0. The minimum Gasteiger partial charge on any atom is -0.469 e. The van der Waals surface area contributed by atoms with E-state index in [1.54, 1.807) is 12.1 Å². The van der Waals surface area contributed by atoms with Gasteiger partial charge in [0, 0.05) is 12.8 Å². The molecule has 0 aliphatic heterocycles. The fourth-order valence-electron chi connectivity index (χ4n) is 1.69. The van der Waals surface area contributed by atoms with E-state index in [0.717, 1.165) is 0 Å². The molecular weight excluding hydrogens is 238 g/mol. The number of rotatable bonds is 4. The van der Waals surface area contributed by atoms with E-state index in [9.17, 15) is 13.6 Å². The van der Waals surface area contributed by atoms with Crippen molar-refractivity contribution in [2.24, 2.45) is 0 Å². The molecule has 2 aromatic rings. The third kappa shape index (κ3) is 2.47. The summed E-state index contributed by atoms with van der Waals surface area (Å²) in [5.41, 5.74) is -0.0141. The van der Waals surface area contributed by atoms with E-state index in [0.29, 0.717) is 12.2 Å². The van der Waals surface area contributed by atoms with Crippen molar-refractivity contribution in [3.63, 3.8) is 0 Å². The highest BCUT2D eigenvalue weighted by atomic mass is 19.2. The molecule has 18 heavy (non-hydrogen) atoms. The van der Waals surface area contributed by atoms with Gasteiger partial charge in [-0.3, -0.25) is 4.79 Å². The predicted octanol–water partition coefficient (Wildman–Crippen LogP) is 3.68. The second kappa shape index (κ2) is 5.12. The number of carbonyl (C=O) groups is 1. The molecule has 2 rings (SSSR count). The molecule has 0 atom stereocenters. The van der Waals surface area contributed by atoms with Crippen LogP contribution in [0.15, 0.2) is 34.9 Å². The van der Waals surface area contributed by atoms with Gasteiger partial charge in [-0.25, -0.2) is 8.78 Å². The van der Waals surface area contributed by atoms with Crippen LogP contribution in [0.4, 0.5) is 8.78 Å². The Morgan fingerprint density at radius 2 is 2.00 bits per heavy atom. The zero-order chi connectivity index (χ0) is 13.1. The van der Waals surface area contributed by atoms with Crippen molar-refractivity contribution in [1.82, 2.24) is 0 Å². The summed E-state index contributed by atoms with van der Waals surface area (Å²) in [5.74, 6) is -1.81. The molecule has 0 amide bonds. The number of halogens is 2. The SMILES string of the molecule is Cc1ccc(C(=O)CCc2ccco2)c(F)c1F. The van der Waals surface area contributed by atoms with Crippen LogP contribution in [0.2, 0.25) is 0 Å². The van der Waals surface area contributed by atoms with Gasteiger partial charge in [0.15, 0.2) is 17.4 Å². The van der Waals surface area contributed by atoms with Crippen molar-refractivity contribution in [2.75, 3.05) is 0 Å². The number of furan rings is 1. The van der Waals surface area contributed by atoms with Crippen molar-refractivity contribution in [3.05, 3.63) is 59.1 Å². The van der Waals surface area contributed by atoms with Gasteiger partial charge in [0.25, 0.3) is 0 Å². The number of hydrogen-bond donors (Lipinski definition) is 0. The van der Waals surface area contributed by atoms with Gasteiger partial charge < -0.3 is 4.42 Å². The standard InChI is InChI=1S/C14H12F2O2/c1-9-4-6-11(14(16)13(9)15)12(17)7-5-10-3-2-8-18-10/h2-4,6,8H,5,7H2,1H3. The maximum atomic E-state index is 13.6. The summed E-state index contributed by atoms with van der Waals surface area (Å²) in [4.78, 5) is 11.8. The number of aryl methyl sites for hydroxylation is 2. The highest BCUT2D eigenvalue weighted by molar-refractivity contribution is 5.96. The van der Waals surface area contributed by atoms with E-state index in [4.69, 9.17) is 4.42 Å². The maximum absolute atomic E-state index is 13.6. The van der Waals surface area contributed by atoms with Crippen LogP contribution < -0.4 is 0 Å². The number of carbonyl (C=O) groups excluding carboxylic acids is 1. The molecule has 0 aliphatic rings. The molecule has 1 aromatic carbocycles. The summed E-state index contributed by atoms with van der Waals surface area (Å²) in [7, 11) is 0. The average molecular weight is 250 g/mol. The van der Waals surface area contributed by atoms with Gasteiger partial charge in [0.1, 0.15) is 5.76 Å². The molecule has 94 valence electrons. The van der Waals surface area contributed by atoms with Crippen molar-refractivity contribution >= 4 is 5.78 Å². The largest absolute Gasteiger partial charge is 0.469 e. The summed E-state index contributed by atoms with van der Waals surface area (Å²) in [6.45, 7) is 1.45. The van der Waals surface area contributed by atoms with E-state index >= 15 is 0 Å². The van der Waals surface area contributed by atoms with Crippen LogP contribution in [-0.2, 0) is 6.42 Å². The fraction of sp³-hybridized carbons (Fsp3) is 0.214. The first-order valence-electron chi connectivity index (χ1n) is 5.60. The van der Waals surface area contributed by atoms with Crippen LogP contribution in [0.1, 0.15) is 28.1 Å². The zero-order valence-corrected chi connectivity index (χ0v) is 9.87. The molecule has 0 aliphatic carbocycles. The first kappa shape index (κ1) is 12.5. The molecule has 0 saturated carbocycles. The van der Waals surface area contributed by atoms with Gasteiger partial charge in [-0.1, -0.05) is 6.07 Å². The molecule has 4 heteroatoms. The van der Waals surface area contributed by atoms with Gasteiger partial charge in [-0.15, -0.1) is 0 Å². The molecule has 0 saturated heterocycles. The van der Waals surface area contributed by atoms with Crippen LogP contribution in [0.5, 0.6) is 0 Å². The lowest BCUT2D eigenvalue weighted by molar-refractivity contribution is 0.0976. The topological polar surface area (TPSA) is 30.2 Å². The minimum atomic E-state index is -1.07. The number of hydrogen-bond acceptors (Lipinski definition) is 2. The van der Waals surface area contributed by atoms with Gasteiger partial charge in [-0.05, 0) is 30.7 Å². The molecule has 1 heterocycles. The summed E-state index contributed by atoms with van der Waals surface area (Å²) in [6, 6.07) is 6.17. The minimum absolute atomic E-state index is 0.0902. The second-order valence-electron chi connectivity index (χ2n) is 4.06. The Morgan fingerprint density at radius 1 is 1.22 bits per heavy atom. The molecule has 0 spiro atoms. The second-order valence-corrected chi connectivity index (χ2v) is 4.06. The molecular formula is C14H12F2O2. The number of ketones is 1. The van der Waals surface area contributed by atoms with Crippen LogP contribution in [-0.4, -0.2) is 5.78 Å². The first-order chi connectivity index (χ1) is 8.59. The van der Waals surface area contributed by atoms with Crippen LogP contribution in [0, 0.1) is 18.6 Å². The Morgan fingerprint density at radius 3 is 2.67 bits per heavy atom. The van der Waals surface area contributed by atoms with Crippen LogP contribution >= 0.6 is 0 Å². The average Bonchev–Trinajstić information content (AvgIpc) is 2.86. The van der Waals surface area contributed by atoms with E-state index in [2.05, 4.69) is 0 Å².